The monoisotopic (exact) mass is 357 g/mol. The van der Waals surface area contributed by atoms with Gasteiger partial charge in [0.15, 0.2) is 0 Å². The number of nitrogens with one attached hydrogen (secondary N) is 1. The summed E-state index contributed by atoms with van der Waals surface area (Å²) in [6, 6.07) is 12.7. The minimum atomic E-state index is -5.08. The van der Waals surface area contributed by atoms with Crippen molar-refractivity contribution in [3.8, 4) is 11.6 Å². The number of nitrogens with zero attached hydrogens (tertiary/aromatic N) is 1. The van der Waals surface area contributed by atoms with Gasteiger partial charge in [-0.15, -0.1) is 0 Å². The lowest BCUT2D eigenvalue weighted by atomic mass is 10.3. The van der Waals surface area contributed by atoms with Gasteiger partial charge >= 0.3 is 12.1 Å². The standard InChI is InChI=1S/C13H13N3O2.C2HF3O2/c14-8-12(17)16-10-6-7-13(15-9-10)18-11-4-2-1-3-5-11;3-2(4,5)1(6)7/h1-7,9H,8,14H2,(H,16,17);(H,6,7). The number of nitrogens with two attached hydrogens (primary N) is 1. The van der Waals surface area contributed by atoms with E-state index in [1.165, 1.54) is 6.20 Å². The van der Waals surface area contributed by atoms with Crippen molar-refractivity contribution in [3.05, 3.63) is 48.7 Å². The molecule has 2 aromatic rings. The van der Waals surface area contributed by atoms with E-state index in [0.717, 1.165) is 0 Å². The Kier molecular flexibility index (Phi) is 7.35. The lowest BCUT2D eigenvalue weighted by molar-refractivity contribution is -0.192. The molecule has 0 saturated carbocycles. The smallest absolute Gasteiger partial charge is 0.475 e. The number of hydrogen-bond donors (Lipinski definition) is 3. The molecule has 25 heavy (non-hydrogen) atoms. The summed E-state index contributed by atoms with van der Waals surface area (Å²) in [5.41, 5.74) is 5.78. The Morgan fingerprint density at radius 3 is 2.20 bits per heavy atom. The number of rotatable bonds is 4. The number of anilines is 1. The number of carboxylic acids is 1. The summed E-state index contributed by atoms with van der Waals surface area (Å²) in [5, 5.41) is 9.73. The van der Waals surface area contributed by atoms with E-state index >= 15 is 0 Å². The second kappa shape index (κ2) is 9.23. The van der Waals surface area contributed by atoms with Crippen LogP contribution in [0.4, 0.5) is 18.9 Å². The third-order valence-electron chi connectivity index (χ3n) is 2.41. The van der Waals surface area contributed by atoms with Crippen LogP contribution in [0, 0.1) is 0 Å². The molecule has 134 valence electrons. The molecule has 0 spiro atoms. The van der Waals surface area contributed by atoms with Crippen molar-refractivity contribution >= 4 is 17.6 Å². The minimum absolute atomic E-state index is 0.0533. The summed E-state index contributed by atoms with van der Waals surface area (Å²) in [5.74, 6) is -1.84. The molecule has 7 nitrogen and oxygen atoms in total. The van der Waals surface area contributed by atoms with Crippen LogP contribution in [-0.4, -0.2) is 34.7 Å². The van der Waals surface area contributed by atoms with Gasteiger partial charge in [-0.2, -0.15) is 13.2 Å². The Bertz CT molecular complexity index is 691. The summed E-state index contributed by atoms with van der Waals surface area (Å²) >= 11 is 0. The van der Waals surface area contributed by atoms with E-state index in [-0.39, 0.29) is 12.5 Å². The fraction of sp³-hybridized carbons (Fsp3) is 0.133. The summed E-state index contributed by atoms with van der Waals surface area (Å²) in [7, 11) is 0. The topological polar surface area (TPSA) is 115 Å². The van der Waals surface area contributed by atoms with Crippen LogP contribution in [0.3, 0.4) is 0 Å². The van der Waals surface area contributed by atoms with Crippen molar-refractivity contribution < 1.29 is 32.6 Å². The number of carbonyl (C=O) groups is 2. The van der Waals surface area contributed by atoms with Crippen molar-refractivity contribution in [2.24, 2.45) is 5.73 Å². The first-order chi connectivity index (χ1) is 11.7. The summed E-state index contributed by atoms with van der Waals surface area (Å²) < 4.78 is 37.3. The average Bonchev–Trinajstić information content (AvgIpc) is 2.57. The third-order valence-corrected chi connectivity index (χ3v) is 2.41. The normalized spacial score (nSPS) is 10.2. The fourth-order valence-corrected chi connectivity index (χ4v) is 1.34. The van der Waals surface area contributed by atoms with Crippen molar-refractivity contribution in [1.29, 1.82) is 0 Å². The van der Waals surface area contributed by atoms with Crippen molar-refractivity contribution in [2.45, 2.75) is 6.18 Å². The number of aromatic nitrogens is 1. The van der Waals surface area contributed by atoms with E-state index in [2.05, 4.69) is 10.3 Å². The van der Waals surface area contributed by atoms with Crippen LogP contribution in [0.25, 0.3) is 0 Å². The number of para-hydroxylation sites is 1. The average molecular weight is 357 g/mol. The van der Waals surface area contributed by atoms with Gasteiger partial charge in [0.25, 0.3) is 0 Å². The summed E-state index contributed by atoms with van der Waals surface area (Å²) in [4.78, 5) is 24.0. The second-order valence-corrected chi connectivity index (χ2v) is 4.36. The van der Waals surface area contributed by atoms with Gasteiger partial charge in [-0.1, -0.05) is 18.2 Å². The first-order valence-corrected chi connectivity index (χ1v) is 6.71. The molecule has 0 aliphatic carbocycles. The van der Waals surface area contributed by atoms with Gasteiger partial charge in [-0.3, -0.25) is 4.79 Å². The van der Waals surface area contributed by atoms with Crippen LogP contribution in [0.1, 0.15) is 0 Å². The molecule has 0 aliphatic heterocycles. The van der Waals surface area contributed by atoms with Crippen LogP contribution < -0.4 is 15.8 Å². The molecule has 0 fully saturated rings. The quantitative estimate of drug-likeness (QED) is 0.774. The van der Waals surface area contributed by atoms with Crippen LogP contribution in [0.15, 0.2) is 48.7 Å². The molecule has 0 radical (unpaired) electrons. The van der Waals surface area contributed by atoms with Gasteiger partial charge in [0.1, 0.15) is 5.75 Å². The number of pyridine rings is 1. The zero-order valence-electron chi connectivity index (χ0n) is 12.7. The van der Waals surface area contributed by atoms with Crippen LogP contribution in [-0.2, 0) is 9.59 Å². The molecule has 0 unspecified atom stereocenters. The highest BCUT2D eigenvalue weighted by Gasteiger charge is 2.38. The zero-order valence-corrected chi connectivity index (χ0v) is 12.7. The Labute approximate surface area is 140 Å². The number of amides is 1. The van der Waals surface area contributed by atoms with Gasteiger partial charge < -0.3 is 20.9 Å². The molecule has 0 bridgehead atoms. The Morgan fingerprint density at radius 2 is 1.76 bits per heavy atom. The number of halogens is 3. The first kappa shape index (κ1) is 19.9. The zero-order chi connectivity index (χ0) is 18.9. The van der Waals surface area contributed by atoms with E-state index in [0.29, 0.717) is 17.3 Å². The summed E-state index contributed by atoms with van der Waals surface area (Å²) in [6.07, 6.45) is -3.56. The molecule has 4 N–H and O–H groups in total. The van der Waals surface area contributed by atoms with E-state index in [9.17, 15) is 18.0 Å². The number of carboxylic acid groups (broad SMARTS) is 1. The molecular weight excluding hydrogens is 343 g/mol. The molecular formula is C15H14F3N3O4. The Balaban J connectivity index is 0.000000381. The van der Waals surface area contributed by atoms with Crippen molar-refractivity contribution in [2.75, 3.05) is 11.9 Å². The third kappa shape index (κ3) is 7.79. The number of alkyl halides is 3. The second-order valence-electron chi connectivity index (χ2n) is 4.36. The maximum atomic E-state index is 11.1. The molecule has 0 aliphatic rings. The molecule has 1 aromatic carbocycles. The molecule has 10 heteroatoms. The van der Waals surface area contributed by atoms with Gasteiger partial charge in [0, 0.05) is 6.07 Å². The first-order valence-electron chi connectivity index (χ1n) is 6.71. The molecule has 1 aromatic heterocycles. The Morgan fingerprint density at radius 1 is 1.16 bits per heavy atom. The molecule has 1 amide bonds. The maximum absolute atomic E-state index is 11.1. The highest BCUT2D eigenvalue weighted by atomic mass is 19.4. The number of carbonyl (C=O) groups excluding carboxylic acids is 1. The van der Waals surface area contributed by atoms with E-state index in [1.54, 1.807) is 12.1 Å². The number of hydrogen-bond acceptors (Lipinski definition) is 5. The van der Waals surface area contributed by atoms with Crippen LogP contribution >= 0.6 is 0 Å². The van der Waals surface area contributed by atoms with Crippen molar-refractivity contribution in [1.82, 2.24) is 4.98 Å². The predicted molar refractivity (Wildman–Crippen MR) is 82.1 cm³/mol. The highest BCUT2D eigenvalue weighted by Crippen LogP contribution is 2.19. The minimum Gasteiger partial charge on any atom is -0.475 e. The Hall–Kier alpha value is -3.14. The maximum Gasteiger partial charge on any atom is 0.490 e. The van der Waals surface area contributed by atoms with Gasteiger partial charge in [0.05, 0.1) is 18.4 Å². The van der Waals surface area contributed by atoms with E-state index < -0.39 is 12.1 Å². The molecule has 0 atom stereocenters. The van der Waals surface area contributed by atoms with Gasteiger partial charge in [-0.05, 0) is 18.2 Å². The highest BCUT2D eigenvalue weighted by molar-refractivity contribution is 5.91. The van der Waals surface area contributed by atoms with E-state index in [4.69, 9.17) is 20.4 Å². The lowest BCUT2D eigenvalue weighted by Crippen LogP contribution is -2.21. The van der Waals surface area contributed by atoms with Crippen LogP contribution in [0.5, 0.6) is 11.6 Å². The lowest BCUT2D eigenvalue weighted by Gasteiger charge is -2.06. The van der Waals surface area contributed by atoms with Crippen LogP contribution in [0.2, 0.25) is 0 Å². The van der Waals surface area contributed by atoms with Gasteiger partial charge in [0.2, 0.25) is 11.8 Å². The number of ether oxygens (including phenoxy) is 1. The number of benzene rings is 1. The fourth-order valence-electron chi connectivity index (χ4n) is 1.34. The van der Waals surface area contributed by atoms with Gasteiger partial charge in [-0.25, -0.2) is 9.78 Å². The van der Waals surface area contributed by atoms with Crippen molar-refractivity contribution in [3.63, 3.8) is 0 Å². The SMILES string of the molecule is NCC(=O)Nc1ccc(Oc2ccccc2)nc1.O=C(O)C(F)(F)F. The predicted octanol–water partition coefficient (Wildman–Crippen LogP) is 2.40. The largest absolute Gasteiger partial charge is 0.490 e. The summed E-state index contributed by atoms with van der Waals surface area (Å²) in [6.45, 7) is -0.0533. The van der Waals surface area contributed by atoms with E-state index in [1.807, 2.05) is 30.3 Å². The number of aliphatic carboxylic acids is 1. The molecule has 2 rings (SSSR count). The molecule has 1 heterocycles. The molecule has 0 saturated heterocycles.